The third-order valence-electron chi connectivity index (χ3n) is 5.52. The van der Waals surface area contributed by atoms with Crippen LogP contribution in [0.15, 0.2) is 54.3 Å². The molecule has 1 aromatic heterocycles. The van der Waals surface area contributed by atoms with Crippen molar-refractivity contribution >= 4 is 16.7 Å². The molecule has 0 aliphatic carbocycles. The zero-order valence-corrected chi connectivity index (χ0v) is 26.4. The van der Waals surface area contributed by atoms with Gasteiger partial charge in [-0.05, 0) is 41.0 Å². The van der Waals surface area contributed by atoms with Crippen molar-refractivity contribution in [2.75, 3.05) is 0 Å². The third kappa shape index (κ3) is 11.7. The van der Waals surface area contributed by atoms with E-state index in [2.05, 4.69) is 83.1 Å². The summed E-state index contributed by atoms with van der Waals surface area (Å²) in [5.41, 5.74) is 7.19. The van der Waals surface area contributed by atoms with Crippen molar-refractivity contribution in [3.05, 3.63) is 77.1 Å². The number of hydrogen-bond donors (Lipinski definition) is 1. The van der Waals surface area contributed by atoms with Crippen molar-refractivity contribution in [2.24, 2.45) is 17.3 Å². The van der Waals surface area contributed by atoms with Crippen LogP contribution in [0.5, 0.6) is 0 Å². The molecule has 1 radical (unpaired) electrons. The molecule has 3 rings (SSSR count). The predicted molar refractivity (Wildman–Crippen MR) is 153 cm³/mol. The standard InChI is InChI=1S/C22H24N.C11H20O2.Ir/c1-15-11-16(2)13-18(12-15)20-10-9-19-17(14-22(3,4)5)7-6-8-21(19)23-20;1-8(2)5-10(12)7-11(13)6-9(3)4;/h6-12H,14H2,1-5H3;7-9,12H,5-6H2,1-4H3;/q-1;;/b;10-7-;. The van der Waals surface area contributed by atoms with Gasteiger partial charge < -0.3 is 5.11 Å². The molecule has 0 aliphatic heterocycles. The molecule has 0 saturated heterocycles. The maximum Gasteiger partial charge on any atom is 0.159 e. The van der Waals surface area contributed by atoms with Crippen LogP contribution < -0.4 is 0 Å². The average Bonchev–Trinajstić information content (AvgIpc) is 2.71. The number of ketones is 1. The van der Waals surface area contributed by atoms with Gasteiger partial charge in [0, 0.05) is 44.4 Å². The number of allylic oxidation sites excluding steroid dienone is 2. The summed E-state index contributed by atoms with van der Waals surface area (Å²) < 4.78 is 0. The van der Waals surface area contributed by atoms with Crippen LogP contribution >= 0.6 is 0 Å². The van der Waals surface area contributed by atoms with E-state index in [1.807, 2.05) is 27.7 Å². The first-order valence-corrected chi connectivity index (χ1v) is 13.1. The molecular formula is C33H44IrNO2-. The van der Waals surface area contributed by atoms with Crippen LogP contribution in [0.25, 0.3) is 22.2 Å². The SMILES string of the molecule is CC(C)CC(=O)/C=C(\O)CC(C)C.Cc1[c-]c(-c2ccc3c(CC(C)(C)C)cccc3n2)cc(C)c1.[Ir]. The molecule has 2 aromatic carbocycles. The Morgan fingerprint density at radius 3 is 2.22 bits per heavy atom. The number of pyridine rings is 1. The first-order chi connectivity index (χ1) is 16.7. The fraction of sp³-hybridized carbons (Fsp3) is 0.455. The van der Waals surface area contributed by atoms with Gasteiger partial charge in [0.2, 0.25) is 0 Å². The molecule has 3 aromatic rings. The second-order valence-corrected chi connectivity index (χ2v) is 12.0. The Bertz CT molecular complexity index is 1180. The summed E-state index contributed by atoms with van der Waals surface area (Å²) in [7, 11) is 0. The summed E-state index contributed by atoms with van der Waals surface area (Å²) >= 11 is 0. The van der Waals surface area contributed by atoms with E-state index in [-0.39, 0.29) is 37.1 Å². The van der Waals surface area contributed by atoms with Gasteiger partial charge in [-0.2, -0.15) is 0 Å². The van der Waals surface area contributed by atoms with Gasteiger partial charge in [0.25, 0.3) is 0 Å². The van der Waals surface area contributed by atoms with Gasteiger partial charge in [-0.15, -0.1) is 34.9 Å². The molecule has 0 amide bonds. The fourth-order valence-corrected chi connectivity index (χ4v) is 4.25. The molecular weight excluding hydrogens is 635 g/mol. The van der Waals surface area contributed by atoms with Crippen molar-refractivity contribution < 1.29 is 30.0 Å². The molecule has 3 nitrogen and oxygen atoms in total. The van der Waals surface area contributed by atoms with Gasteiger partial charge in [0.05, 0.1) is 11.3 Å². The predicted octanol–water partition coefficient (Wildman–Crippen LogP) is 8.99. The number of hydrogen-bond acceptors (Lipinski definition) is 3. The number of aromatic nitrogens is 1. The minimum Gasteiger partial charge on any atom is -0.512 e. The molecule has 0 aliphatic rings. The van der Waals surface area contributed by atoms with Crippen molar-refractivity contribution in [2.45, 2.75) is 81.6 Å². The van der Waals surface area contributed by atoms with E-state index in [1.165, 1.54) is 22.6 Å². The summed E-state index contributed by atoms with van der Waals surface area (Å²) in [6, 6.07) is 18.5. The molecule has 4 heteroatoms. The minimum atomic E-state index is 0. The summed E-state index contributed by atoms with van der Waals surface area (Å²) in [6.45, 7) is 19.0. The van der Waals surface area contributed by atoms with E-state index in [4.69, 9.17) is 4.98 Å². The minimum absolute atomic E-state index is 0. The van der Waals surface area contributed by atoms with Crippen molar-refractivity contribution in [3.63, 3.8) is 0 Å². The number of carbonyl (C=O) groups excluding carboxylic acids is 1. The monoisotopic (exact) mass is 679 g/mol. The Morgan fingerprint density at radius 1 is 1.00 bits per heavy atom. The van der Waals surface area contributed by atoms with E-state index < -0.39 is 0 Å². The molecule has 203 valence electrons. The Hall–Kier alpha value is -2.29. The molecule has 1 heterocycles. The van der Waals surface area contributed by atoms with Crippen LogP contribution in [0.1, 0.15) is 78.0 Å². The van der Waals surface area contributed by atoms with Crippen LogP contribution in [-0.2, 0) is 31.3 Å². The molecule has 37 heavy (non-hydrogen) atoms. The normalized spacial score (nSPS) is 11.8. The number of nitrogens with zero attached hydrogens (tertiary/aromatic N) is 1. The van der Waals surface area contributed by atoms with Gasteiger partial charge in [0.15, 0.2) is 5.78 Å². The van der Waals surface area contributed by atoms with Gasteiger partial charge in [-0.25, -0.2) is 0 Å². The zero-order valence-electron chi connectivity index (χ0n) is 24.0. The molecule has 0 atom stereocenters. The number of rotatable bonds is 7. The topological polar surface area (TPSA) is 50.2 Å². The molecule has 0 saturated carbocycles. The van der Waals surface area contributed by atoms with Crippen LogP contribution in [0.4, 0.5) is 0 Å². The van der Waals surface area contributed by atoms with E-state index in [9.17, 15) is 9.90 Å². The van der Waals surface area contributed by atoms with Gasteiger partial charge in [-0.1, -0.05) is 86.6 Å². The maximum absolute atomic E-state index is 11.2. The van der Waals surface area contributed by atoms with Gasteiger partial charge in [-0.3, -0.25) is 9.78 Å². The Kier molecular flexibility index (Phi) is 12.9. The fourth-order valence-electron chi connectivity index (χ4n) is 4.25. The molecule has 1 N–H and O–H groups in total. The second kappa shape index (κ2) is 14.6. The molecule has 0 spiro atoms. The van der Waals surface area contributed by atoms with Crippen molar-refractivity contribution in [1.82, 2.24) is 4.98 Å². The Balaban J connectivity index is 0.000000423. The number of aryl methyl sites for hydroxylation is 2. The third-order valence-corrected chi connectivity index (χ3v) is 5.52. The largest absolute Gasteiger partial charge is 0.512 e. The number of aliphatic hydroxyl groups excluding tert-OH is 1. The quantitative estimate of drug-likeness (QED) is 0.154. The van der Waals surface area contributed by atoms with Crippen LogP contribution in [0.2, 0.25) is 0 Å². The Labute approximate surface area is 238 Å². The zero-order chi connectivity index (χ0) is 27.0. The van der Waals surface area contributed by atoms with Crippen LogP contribution in [0.3, 0.4) is 0 Å². The number of carbonyl (C=O) groups is 1. The number of fused-ring (bicyclic) bond motifs is 1. The summed E-state index contributed by atoms with van der Waals surface area (Å²) in [5, 5.41) is 10.6. The van der Waals surface area contributed by atoms with Crippen molar-refractivity contribution in [1.29, 1.82) is 0 Å². The van der Waals surface area contributed by atoms with E-state index in [0.29, 0.717) is 24.7 Å². The summed E-state index contributed by atoms with van der Waals surface area (Å²) in [5.74, 6) is 0.979. The number of benzene rings is 2. The first kappa shape index (κ1) is 32.7. The van der Waals surface area contributed by atoms with Gasteiger partial charge in [0.1, 0.15) is 0 Å². The van der Waals surface area contributed by atoms with Crippen LogP contribution in [-0.4, -0.2) is 15.9 Å². The smallest absolute Gasteiger partial charge is 0.159 e. The van der Waals surface area contributed by atoms with E-state index in [1.54, 1.807) is 0 Å². The van der Waals surface area contributed by atoms with Crippen LogP contribution in [0, 0.1) is 37.2 Å². The molecule has 0 unspecified atom stereocenters. The molecule has 0 fully saturated rings. The average molecular weight is 679 g/mol. The van der Waals surface area contributed by atoms with E-state index >= 15 is 0 Å². The van der Waals surface area contributed by atoms with Crippen molar-refractivity contribution in [3.8, 4) is 11.3 Å². The van der Waals surface area contributed by atoms with E-state index in [0.717, 1.165) is 28.8 Å². The second-order valence-electron chi connectivity index (χ2n) is 12.0. The Morgan fingerprint density at radius 2 is 1.65 bits per heavy atom. The van der Waals surface area contributed by atoms with Gasteiger partial charge >= 0.3 is 0 Å². The summed E-state index contributed by atoms with van der Waals surface area (Å²) in [4.78, 5) is 16.1. The summed E-state index contributed by atoms with van der Waals surface area (Å²) in [6.07, 6.45) is 3.52. The maximum atomic E-state index is 11.2. The number of aliphatic hydroxyl groups is 1. The molecule has 0 bridgehead atoms. The first-order valence-electron chi connectivity index (χ1n) is 13.1.